The van der Waals surface area contributed by atoms with E-state index in [-0.39, 0.29) is 11.7 Å². The zero-order valence-corrected chi connectivity index (χ0v) is 10.9. The Bertz CT molecular complexity index is 433. The van der Waals surface area contributed by atoms with E-state index in [4.69, 9.17) is 10.5 Å². The summed E-state index contributed by atoms with van der Waals surface area (Å²) in [6.45, 7) is 3.62. The van der Waals surface area contributed by atoms with Crippen molar-refractivity contribution in [1.29, 1.82) is 0 Å². The summed E-state index contributed by atoms with van der Waals surface area (Å²) in [5.41, 5.74) is 5.38. The van der Waals surface area contributed by atoms with Gasteiger partial charge in [-0.15, -0.1) is 0 Å². The van der Waals surface area contributed by atoms with E-state index in [9.17, 15) is 9.18 Å². The molecule has 1 unspecified atom stereocenters. The van der Waals surface area contributed by atoms with Crippen LogP contribution in [-0.2, 0) is 4.79 Å². The minimum atomic E-state index is -0.950. The Kier molecular flexibility index (Phi) is 4.67. The fourth-order valence-corrected chi connectivity index (χ4v) is 1.67. The molecular weight excluding hydrogens is 235 g/mol. The number of nitrogens with one attached hydrogen (secondary N) is 1. The fourth-order valence-electron chi connectivity index (χ4n) is 1.67. The first-order chi connectivity index (χ1) is 8.40. The second-order valence-electron chi connectivity index (χ2n) is 4.47. The summed E-state index contributed by atoms with van der Waals surface area (Å²) in [5, 5.41) is 2.66. The molecule has 0 saturated carbocycles. The quantitative estimate of drug-likeness (QED) is 0.847. The minimum Gasteiger partial charge on any atom is -0.494 e. The lowest BCUT2D eigenvalue weighted by atomic mass is 9.96. The summed E-state index contributed by atoms with van der Waals surface area (Å²) in [5.74, 6) is -0.459. The number of benzene rings is 1. The number of amides is 1. The van der Waals surface area contributed by atoms with Crippen LogP contribution in [0.3, 0.4) is 0 Å². The van der Waals surface area contributed by atoms with Gasteiger partial charge in [0, 0.05) is 6.07 Å². The highest BCUT2D eigenvalue weighted by Gasteiger charge is 2.27. The van der Waals surface area contributed by atoms with Crippen molar-refractivity contribution in [1.82, 2.24) is 0 Å². The van der Waals surface area contributed by atoms with Crippen LogP contribution < -0.4 is 15.8 Å². The summed E-state index contributed by atoms with van der Waals surface area (Å²) in [6.07, 6.45) is 1.38. The molecule has 4 nitrogen and oxygen atoms in total. The zero-order chi connectivity index (χ0) is 13.8. The molecule has 0 bridgehead atoms. The third kappa shape index (κ3) is 3.43. The molecule has 0 heterocycles. The van der Waals surface area contributed by atoms with Crippen LogP contribution in [0, 0.1) is 5.82 Å². The highest BCUT2D eigenvalue weighted by molar-refractivity contribution is 5.98. The van der Waals surface area contributed by atoms with E-state index in [0.717, 1.165) is 6.42 Å². The topological polar surface area (TPSA) is 64.4 Å². The second-order valence-corrected chi connectivity index (χ2v) is 4.47. The van der Waals surface area contributed by atoms with Crippen LogP contribution in [0.5, 0.6) is 5.75 Å². The number of methoxy groups -OCH3 is 1. The molecule has 1 aromatic carbocycles. The standard InChI is InChI=1S/C13H19FN2O2/c1-4-7-13(2,15)12(17)16-10-6-5-9(14)8-11(10)18-3/h5-6,8H,4,7,15H2,1-3H3,(H,16,17). The number of carbonyl (C=O) groups excluding carboxylic acids is 1. The number of rotatable bonds is 5. The lowest BCUT2D eigenvalue weighted by Crippen LogP contribution is -2.48. The smallest absolute Gasteiger partial charge is 0.244 e. The van der Waals surface area contributed by atoms with Gasteiger partial charge in [-0.25, -0.2) is 4.39 Å². The second kappa shape index (κ2) is 5.82. The molecule has 5 heteroatoms. The number of nitrogens with two attached hydrogens (primary N) is 1. The van der Waals surface area contributed by atoms with Gasteiger partial charge in [-0.05, 0) is 25.5 Å². The Morgan fingerprint density at radius 2 is 2.22 bits per heavy atom. The molecule has 0 aliphatic rings. The highest BCUT2D eigenvalue weighted by atomic mass is 19.1. The van der Waals surface area contributed by atoms with Crippen LogP contribution in [0.15, 0.2) is 18.2 Å². The lowest BCUT2D eigenvalue weighted by Gasteiger charge is -2.23. The van der Waals surface area contributed by atoms with E-state index < -0.39 is 11.4 Å². The first kappa shape index (κ1) is 14.4. The van der Waals surface area contributed by atoms with E-state index in [1.165, 1.54) is 25.3 Å². The number of halogens is 1. The van der Waals surface area contributed by atoms with Gasteiger partial charge in [0.25, 0.3) is 0 Å². The predicted octanol–water partition coefficient (Wildman–Crippen LogP) is 2.29. The maximum Gasteiger partial charge on any atom is 0.244 e. The van der Waals surface area contributed by atoms with Crippen LogP contribution in [-0.4, -0.2) is 18.6 Å². The molecule has 0 saturated heterocycles. The maximum atomic E-state index is 13.0. The van der Waals surface area contributed by atoms with Gasteiger partial charge in [-0.1, -0.05) is 13.3 Å². The van der Waals surface area contributed by atoms with Gasteiger partial charge in [0.1, 0.15) is 11.6 Å². The first-order valence-electron chi connectivity index (χ1n) is 5.84. The Hall–Kier alpha value is -1.62. The van der Waals surface area contributed by atoms with Crippen LogP contribution in [0.1, 0.15) is 26.7 Å². The van der Waals surface area contributed by atoms with Gasteiger partial charge in [-0.2, -0.15) is 0 Å². The first-order valence-corrected chi connectivity index (χ1v) is 5.84. The van der Waals surface area contributed by atoms with Crippen molar-refractivity contribution in [3.05, 3.63) is 24.0 Å². The lowest BCUT2D eigenvalue weighted by molar-refractivity contribution is -0.120. The molecule has 0 aromatic heterocycles. The molecule has 1 amide bonds. The molecular formula is C13H19FN2O2. The fraction of sp³-hybridized carbons (Fsp3) is 0.462. The average molecular weight is 254 g/mol. The van der Waals surface area contributed by atoms with Gasteiger partial charge in [0.2, 0.25) is 5.91 Å². The monoisotopic (exact) mass is 254 g/mol. The number of anilines is 1. The van der Waals surface area contributed by atoms with Gasteiger partial charge in [-0.3, -0.25) is 4.79 Å². The molecule has 0 fully saturated rings. The summed E-state index contributed by atoms with van der Waals surface area (Å²) in [7, 11) is 1.41. The molecule has 100 valence electrons. The van der Waals surface area contributed by atoms with E-state index in [0.29, 0.717) is 12.1 Å². The van der Waals surface area contributed by atoms with Gasteiger partial charge in [0.15, 0.2) is 0 Å². The Labute approximate surface area is 106 Å². The number of hydrogen-bond donors (Lipinski definition) is 2. The van der Waals surface area contributed by atoms with E-state index in [2.05, 4.69) is 5.32 Å². The molecule has 1 rings (SSSR count). The molecule has 1 atom stereocenters. The van der Waals surface area contributed by atoms with Gasteiger partial charge in [0.05, 0.1) is 18.3 Å². The third-order valence-electron chi connectivity index (χ3n) is 2.70. The highest BCUT2D eigenvalue weighted by Crippen LogP contribution is 2.26. The molecule has 3 N–H and O–H groups in total. The molecule has 1 aromatic rings. The predicted molar refractivity (Wildman–Crippen MR) is 69.1 cm³/mol. The largest absolute Gasteiger partial charge is 0.494 e. The normalized spacial score (nSPS) is 13.8. The summed E-state index contributed by atoms with van der Waals surface area (Å²) in [4.78, 5) is 12.0. The zero-order valence-electron chi connectivity index (χ0n) is 10.9. The van der Waals surface area contributed by atoms with Crippen molar-refractivity contribution in [2.45, 2.75) is 32.2 Å². The van der Waals surface area contributed by atoms with Crippen LogP contribution in [0.4, 0.5) is 10.1 Å². The summed E-state index contributed by atoms with van der Waals surface area (Å²) in [6, 6.07) is 3.92. The minimum absolute atomic E-state index is 0.274. The number of carbonyl (C=O) groups is 1. The maximum absolute atomic E-state index is 13.0. The van der Waals surface area contributed by atoms with Crippen LogP contribution >= 0.6 is 0 Å². The molecule has 0 spiro atoms. The third-order valence-corrected chi connectivity index (χ3v) is 2.70. The van der Waals surface area contributed by atoms with Gasteiger partial charge < -0.3 is 15.8 Å². The van der Waals surface area contributed by atoms with E-state index >= 15 is 0 Å². The molecule has 18 heavy (non-hydrogen) atoms. The van der Waals surface area contributed by atoms with E-state index in [1.807, 2.05) is 6.92 Å². The van der Waals surface area contributed by atoms with Crippen LogP contribution in [0.2, 0.25) is 0 Å². The Morgan fingerprint density at radius 3 is 2.78 bits per heavy atom. The Morgan fingerprint density at radius 1 is 1.56 bits per heavy atom. The summed E-state index contributed by atoms with van der Waals surface area (Å²) >= 11 is 0. The van der Waals surface area contributed by atoms with Crippen molar-refractivity contribution in [3.63, 3.8) is 0 Å². The van der Waals surface area contributed by atoms with Crippen molar-refractivity contribution < 1.29 is 13.9 Å². The van der Waals surface area contributed by atoms with Crippen LogP contribution in [0.25, 0.3) is 0 Å². The SMILES string of the molecule is CCCC(C)(N)C(=O)Nc1ccc(F)cc1OC. The average Bonchev–Trinajstić information content (AvgIpc) is 2.31. The number of ether oxygens (including phenoxy) is 1. The Balaban J connectivity index is 2.88. The molecule has 0 radical (unpaired) electrons. The van der Waals surface area contributed by atoms with Crippen molar-refractivity contribution in [2.75, 3.05) is 12.4 Å². The van der Waals surface area contributed by atoms with Crippen molar-refractivity contribution in [3.8, 4) is 5.75 Å². The molecule has 0 aliphatic heterocycles. The number of hydrogen-bond acceptors (Lipinski definition) is 3. The molecule has 0 aliphatic carbocycles. The van der Waals surface area contributed by atoms with Gasteiger partial charge >= 0.3 is 0 Å². The van der Waals surface area contributed by atoms with Crippen molar-refractivity contribution in [2.24, 2.45) is 5.73 Å². The summed E-state index contributed by atoms with van der Waals surface area (Å²) < 4.78 is 18.0. The van der Waals surface area contributed by atoms with E-state index in [1.54, 1.807) is 6.92 Å². The van der Waals surface area contributed by atoms with Crippen molar-refractivity contribution >= 4 is 11.6 Å².